The van der Waals surface area contributed by atoms with E-state index in [9.17, 15) is 0 Å². The van der Waals surface area contributed by atoms with Crippen molar-refractivity contribution in [3.63, 3.8) is 0 Å². The number of aromatic nitrogens is 3. The van der Waals surface area contributed by atoms with Gasteiger partial charge in [0.1, 0.15) is 22.8 Å². The third-order valence-corrected chi connectivity index (χ3v) is 4.04. The van der Waals surface area contributed by atoms with Crippen LogP contribution in [0.4, 0.5) is 0 Å². The van der Waals surface area contributed by atoms with Crippen molar-refractivity contribution < 1.29 is 4.42 Å². The summed E-state index contributed by atoms with van der Waals surface area (Å²) in [5, 5.41) is 1.45. The van der Waals surface area contributed by atoms with E-state index in [0.717, 1.165) is 21.2 Å². The molecule has 86 valence electrons. The molecule has 0 unspecified atom stereocenters. The van der Waals surface area contributed by atoms with Gasteiger partial charge in [0.05, 0.1) is 16.1 Å². The van der Waals surface area contributed by atoms with E-state index < -0.39 is 0 Å². The highest BCUT2D eigenvalue weighted by atomic mass is 79.9. The average Bonchev–Trinajstić information content (AvgIpc) is 2.94. The predicted octanol–water partition coefficient (Wildman–Crippen LogP) is 3.64. The van der Waals surface area contributed by atoms with E-state index >= 15 is 0 Å². The fourth-order valence-electron chi connectivity index (χ4n) is 1.78. The number of furan rings is 1. The number of rotatable bonds is 1. The first kappa shape index (κ1) is 10.8. The van der Waals surface area contributed by atoms with Gasteiger partial charge in [0.25, 0.3) is 0 Å². The van der Waals surface area contributed by atoms with Gasteiger partial charge < -0.3 is 8.98 Å². The number of fused-ring (bicyclic) bond motifs is 1. The van der Waals surface area contributed by atoms with Gasteiger partial charge in [-0.05, 0) is 28.1 Å². The minimum Gasteiger partial charge on any atom is -0.463 e. The Morgan fingerprint density at radius 3 is 2.94 bits per heavy atom. The van der Waals surface area contributed by atoms with Gasteiger partial charge in [-0.1, -0.05) is 11.6 Å². The summed E-state index contributed by atoms with van der Waals surface area (Å²) in [6.07, 6.45) is 3.12. The molecule has 0 N–H and O–H groups in total. The number of aryl methyl sites for hydroxylation is 1. The summed E-state index contributed by atoms with van der Waals surface area (Å²) in [6, 6.07) is 3.68. The monoisotopic (exact) mass is 311 g/mol. The summed E-state index contributed by atoms with van der Waals surface area (Å²) in [4.78, 5) is 8.49. The highest BCUT2D eigenvalue weighted by Gasteiger charge is 2.18. The minimum atomic E-state index is 0.591. The summed E-state index contributed by atoms with van der Waals surface area (Å²) in [6.45, 7) is 0. The Kier molecular flexibility index (Phi) is 2.45. The van der Waals surface area contributed by atoms with Crippen molar-refractivity contribution in [3.8, 4) is 11.5 Å². The van der Waals surface area contributed by atoms with E-state index in [1.807, 2.05) is 19.2 Å². The van der Waals surface area contributed by atoms with Crippen LogP contribution in [0.3, 0.4) is 0 Å². The van der Waals surface area contributed by atoms with Crippen LogP contribution in [0.1, 0.15) is 0 Å². The van der Waals surface area contributed by atoms with Gasteiger partial charge in [-0.15, -0.1) is 0 Å². The molecular formula is C11H7BrClN3O. The molecule has 6 heteroatoms. The largest absolute Gasteiger partial charge is 0.463 e. The summed E-state index contributed by atoms with van der Waals surface area (Å²) in [5.41, 5.74) is 1.50. The molecule has 0 atom stereocenters. The van der Waals surface area contributed by atoms with E-state index in [4.69, 9.17) is 16.0 Å². The van der Waals surface area contributed by atoms with Gasteiger partial charge in [-0.3, -0.25) is 0 Å². The molecule has 3 rings (SSSR count). The van der Waals surface area contributed by atoms with E-state index in [1.54, 1.807) is 10.8 Å². The molecule has 0 saturated carbocycles. The molecule has 17 heavy (non-hydrogen) atoms. The summed E-state index contributed by atoms with van der Waals surface area (Å²) >= 11 is 9.64. The van der Waals surface area contributed by atoms with Crippen LogP contribution in [0, 0.1) is 0 Å². The smallest absolute Gasteiger partial charge is 0.153 e. The van der Waals surface area contributed by atoms with Crippen LogP contribution < -0.4 is 0 Å². The lowest BCUT2D eigenvalue weighted by atomic mass is 10.2. The number of nitrogens with zero attached hydrogens (tertiary/aromatic N) is 3. The van der Waals surface area contributed by atoms with Crippen LogP contribution in [0.2, 0.25) is 5.15 Å². The van der Waals surface area contributed by atoms with Gasteiger partial charge in [-0.25, -0.2) is 9.97 Å². The molecule has 0 aromatic carbocycles. The minimum absolute atomic E-state index is 0.591. The molecule has 4 nitrogen and oxygen atoms in total. The molecule has 0 spiro atoms. The number of halogens is 2. The van der Waals surface area contributed by atoms with Crippen molar-refractivity contribution in [3.05, 3.63) is 34.3 Å². The Balaban J connectivity index is 2.45. The zero-order valence-corrected chi connectivity index (χ0v) is 11.2. The van der Waals surface area contributed by atoms with Crippen molar-refractivity contribution >= 4 is 38.6 Å². The Morgan fingerprint density at radius 1 is 1.41 bits per heavy atom. The van der Waals surface area contributed by atoms with Crippen molar-refractivity contribution in [2.75, 3.05) is 0 Å². The lowest BCUT2D eigenvalue weighted by Crippen LogP contribution is -1.91. The zero-order valence-electron chi connectivity index (χ0n) is 8.82. The molecule has 0 amide bonds. The maximum Gasteiger partial charge on any atom is 0.153 e. The standard InChI is InChI=1S/C11H7BrClN3O/c1-16-10(13)8(12)7-9(6-3-2-4-17-6)14-5-15-11(7)16/h2-5H,1H3. The van der Waals surface area contributed by atoms with Crippen molar-refractivity contribution in [1.82, 2.24) is 14.5 Å². The quantitative estimate of drug-likeness (QED) is 0.689. The van der Waals surface area contributed by atoms with Gasteiger partial charge in [0.2, 0.25) is 0 Å². The molecule has 0 saturated heterocycles. The van der Waals surface area contributed by atoms with Crippen LogP contribution in [0.15, 0.2) is 33.6 Å². The second-order valence-electron chi connectivity index (χ2n) is 3.56. The van der Waals surface area contributed by atoms with E-state index in [1.165, 1.54) is 6.33 Å². The Bertz CT molecular complexity index is 690. The van der Waals surface area contributed by atoms with Crippen LogP contribution in [-0.2, 0) is 7.05 Å². The zero-order chi connectivity index (χ0) is 12.0. The Morgan fingerprint density at radius 2 is 2.24 bits per heavy atom. The number of hydrogen-bond donors (Lipinski definition) is 0. The topological polar surface area (TPSA) is 43.9 Å². The Hall–Kier alpha value is -1.33. The predicted molar refractivity (Wildman–Crippen MR) is 68.9 cm³/mol. The highest BCUT2D eigenvalue weighted by molar-refractivity contribution is 9.10. The maximum absolute atomic E-state index is 6.17. The first-order chi connectivity index (χ1) is 8.20. The molecule has 3 aromatic heterocycles. The first-order valence-corrected chi connectivity index (χ1v) is 6.05. The third kappa shape index (κ3) is 1.50. The lowest BCUT2D eigenvalue weighted by Gasteiger charge is -1.99. The van der Waals surface area contributed by atoms with Gasteiger partial charge in [0, 0.05) is 7.05 Å². The first-order valence-electron chi connectivity index (χ1n) is 4.88. The van der Waals surface area contributed by atoms with E-state index in [-0.39, 0.29) is 0 Å². The fraction of sp³-hybridized carbons (Fsp3) is 0.0909. The molecule has 0 fully saturated rings. The number of hydrogen-bond acceptors (Lipinski definition) is 3. The van der Waals surface area contributed by atoms with Gasteiger partial charge >= 0.3 is 0 Å². The lowest BCUT2D eigenvalue weighted by molar-refractivity contribution is 0.580. The van der Waals surface area contributed by atoms with Crippen LogP contribution in [0.25, 0.3) is 22.5 Å². The van der Waals surface area contributed by atoms with Gasteiger partial charge in [0.15, 0.2) is 5.76 Å². The molecule has 0 aliphatic heterocycles. The molecular weight excluding hydrogens is 305 g/mol. The third-order valence-electron chi connectivity index (χ3n) is 2.59. The van der Waals surface area contributed by atoms with E-state index in [2.05, 4.69) is 25.9 Å². The highest BCUT2D eigenvalue weighted by Crippen LogP contribution is 2.37. The van der Waals surface area contributed by atoms with Crippen LogP contribution in [0.5, 0.6) is 0 Å². The molecule has 3 aromatic rings. The summed E-state index contributed by atoms with van der Waals surface area (Å²) in [5.74, 6) is 0.695. The maximum atomic E-state index is 6.17. The van der Waals surface area contributed by atoms with Crippen LogP contribution >= 0.6 is 27.5 Å². The Labute approximate surface area is 110 Å². The van der Waals surface area contributed by atoms with Crippen molar-refractivity contribution in [2.45, 2.75) is 0 Å². The second-order valence-corrected chi connectivity index (χ2v) is 4.71. The summed E-state index contributed by atoms with van der Waals surface area (Å²) < 4.78 is 7.95. The summed E-state index contributed by atoms with van der Waals surface area (Å²) in [7, 11) is 1.86. The van der Waals surface area contributed by atoms with Crippen LogP contribution in [-0.4, -0.2) is 14.5 Å². The molecule has 0 aliphatic rings. The van der Waals surface area contributed by atoms with E-state index in [0.29, 0.717) is 10.9 Å². The molecule has 3 heterocycles. The van der Waals surface area contributed by atoms with Gasteiger partial charge in [-0.2, -0.15) is 0 Å². The molecule has 0 bridgehead atoms. The van der Waals surface area contributed by atoms with Crippen molar-refractivity contribution in [1.29, 1.82) is 0 Å². The normalized spacial score (nSPS) is 11.2. The SMILES string of the molecule is Cn1c(Cl)c(Br)c2c(-c3ccco3)ncnc21. The average molecular weight is 313 g/mol. The second kappa shape index (κ2) is 3.85. The molecule has 0 aliphatic carbocycles. The fourth-order valence-corrected chi connectivity index (χ4v) is 2.58. The van der Waals surface area contributed by atoms with Crippen molar-refractivity contribution in [2.24, 2.45) is 7.05 Å². The molecule has 0 radical (unpaired) electrons.